The maximum Gasteiger partial charge on any atom is 0.254 e. The summed E-state index contributed by atoms with van der Waals surface area (Å²) in [4.78, 5) is 11.4. The van der Waals surface area contributed by atoms with E-state index < -0.39 is 0 Å². The smallest absolute Gasteiger partial charge is 0.254 e. The van der Waals surface area contributed by atoms with Crippen LogP contribution in [0.4, 0.5) is 5.82 Å². The quantitative estimate of drug-likeness (QED) is 0.728. The Kier molecular flexibility index (Phi) is 3.06. The second-order valence-corrected chi connectivity index (χ2v) is 6.04. The molecule has 4 rings (SSSR count). The SMILES string of the molecule is CC1CCN(c2cc(-c3ccccc3)nc3ncnn23)C1C. The molecule has 0 bridgehead atoms. The van der Waals surface area contributed by atoms with Crippen LogP contribution in [0.3, 0.4) is 0 Å². The van der Waals surface area contributed by atoms with E-state index in [9.17, 15) is 0 Å². The zero-order valence-corrected chi connectivity index (χ0v) is 12.8. The minimum absolute atomic E-state index is 0.499. The van der Waals surface area contributed by atoms with Crippen molar-refractivity contribution in [3.8, 4) is 11.3 Å². The van der Waals surface area contributed by atoms with Crippen molar-refractivity contribution in [3.05, 3.63) is 42.7 Å². The fraction of sp³-hybridized carbons (Fsp3) is 0.353. The number of benzene rings is 1. The largest absolute Gasteiger partial charge is 0.353 e. The van der Waals surface area contributed by atoms with Crippen molar-refractivity contribution in [3.63, 3.8) is 0 Å². The zero-order chi connectivity index (χ0) is 15.1. The highest BCUT2D eigenvalue weighted by atomic mass is 15.4. The van der Waals surface area contributed by atoms with E-state index in [4.69, 9.17) is 0 Å². The van der Waals surface area contributed by atoms with Crippen LogP contribution in [0.2, 0.25) is 0 Å². The van der Waals surface area contributed by atoms with E-state index >= 15 is 0 Å². The molecule has 0 N–H and O–H groups in total. The summed E-state index contributed by atoms with van der Waals surface area (Å²) >= 11 is 0. The molecule has 5 heteroatoms. The number of aromatic nitrogens is 4. The number of hydrogen-bond acceptors (Lipinski definition) is 4. The first kappa shape index (κ1) is 13.2. The van der Waals surface area contributed by atoms with Gasteiger partial charge in [-0.1, -0.05) is 37.3 Å². The summed E-state index contributed by atoms with van der Waals surface area (Å²) in [6.45, 7) is 5.64. The van der Waals surface area contributed by atoms with Crippen molar-refractivity contribution in [1.82, 2.24) is 19.6 Å². The summed E-state index contributed by atoms with van der Waals surface area (Å²) in [6, 6.07) is 12.9. The van der Waals surface area contributed by atoms with Crippen molar-refractivity contribution in [2.24, 2.45) is 5.92 Å². The molecule has 22 heavy (non-hydrogen) atoms. The van der Waals surface area contributed by atoms with Gasteiger partial charge in [0.2, 0.25) is 0 Å². The van der Waals surface area contributed by atoms with Crippen molar-refractivity contribution < 1.29 is 0 Å². The van der Waals surface area contributed by atoms with Crippen LogP contribution in [-0.2, 0) is 0 Å². The summed E-state index contributed by atoms with van der Waals surface area (Å²) in [6.07, 6.45) is 2.78. The molecular formula is C17H19N5. The normalized spacial score (nSPS) is 21.6. The third-order valence-corrected chi connectivity index (χ3v) is 4.74. The molecule has 2 unspecified atom stereocenters. The Bertz CT molecular complexity index is 795. The van der Waals surface area contributed by atoms with E-state index in [2.05, 4.69) is 52.0 Å². The van der Waals surface area contributed by atoms with Gasteiger partial charge < -0.3 is 4.90 Å². The van der Waals surface area contributed by atoms with Gasteiger partial charge in [0.15, 0.2) is 0 Å². The second-order valence-electron chi connectivity index (χ2n) is 6.04. The van der Waals surface area contributed by atoms with Gasteiger partial charge in [0.05, 0.1) is 5.69 Å². The van der Waals surface area contributed by atoms with Crippen molar-refractivity contribution in [2.75, 3.05) is 11.4 Å². The molecule has 0 spiro atoms. The number of fused-ring (bicyclic) bond motifs is 1. The van der Waals surface area contributed by atoms with Crippen LogP contribution in [0.25, 0.3) is 17.0 Å². The molecular weight excluding hydrogens is 274 g/mol. The number of hydrogen-bond donors (Lipinski definition) is 0. The Morgan fingerprint density at radius 2 is 1.95 bits per heavy atom. The van der Waals surface area contributed by atoms with Gasteiger partial charge in [-0.05, 0) is 19.3 Å². The van der Waals surface area contributed by atoms with Crippen LogP contribution in [0, 0.1) is 5.92 Å². The van der Waals surface area contributed by atoms with Crippen LogP contribution in [-0.4, -0.2) is 32.2 Å². The zero-order valence-electron chi connectivity index (χ0n) is 12.8. The lowest BCUT2D eigenvalue weighted by atomic mass is 10.1. The molecule has 1 aliphatic heterocycles. The van der Waals surface area contributed by atoms with Crippen LogP contribution in [0.5, 0.6) is 0 Å². The van der Waals surface area contributed by atoms with Crippen molar-refractivity contribution in [2.45, 2.75) is 26.3 Å². The molecule has 2 atom stereocenters. The van der Waals surface area contributed by atoms with E-state index in [0.29, 0.717) is 17.7 Å². The van der Waals surface area contributed by atoms with Gasteiger partial charge in [0.1, 0.15) is 12.1 Å². The number of anilines is 1. The highest BCUT2D eigenvalue weighted by Crippen LogP contribution is 2.31. The molecule has 0 amide bonds. The maximum atomic E-state index is 4.64. The average molecular weight is 293 g/mol. The molecule has 0 aliphatic carbocycles. The Morgan fingerprint density at radius 3 is 2.68 bits per heavy atom. The molecule has 2 aromatic heterocycles. The van der Waals surface area contributed by atoms with Gasteiger partial charge in [-0.2, -0.15) is 14.6 Å². The lowest BCUT2D eigenvalue weighted by Crippen LogP contribution is -2.31. The molecule has 1 fully saturated rings. The van der Waals surface area contributed by atoms with Crippen LogP contribution in [0.1, 0.15) is 20.3 Å². The topological polar surface area (TPSA) is 46.3 Å². The van der Waals surface area contributed by atoms with Gasteiger partial charge in [-0.3, -0.25) is 0 Å². The Hall–Kier alpha value is -2.43. The Balaban J connectivity index is 1.88. The van der Waals surface area contributed by atoms with E-state index in [0.717, 1.165) is 23.6 Å². The fourth-order valence-electron chi connectivity index (χ4n) is 3.18. The predicted octanol–water partition coefficient (Wildman–Crippen LogP) is 3.03. The van der Waals surface area contributed by atoms with Crippen molar-refractivity contribution in [1.29, 1.82) is 0 Å². The molecule has 0 saturated carbocycles. The third kappa shape index (κ3) is 2.04. The van der Waals surface area contributed by atoms with Gasteiger partial charge in [0.25, 0.3) is 5.78 Å². The first-order valence-electron chi connectivity index (χ1n) is 7.77. The number of nitrogens with zero attached hydrogens (tertiary/aromatic N) is 5. The molecule has 3 heterocycles. The first-order chi connectivity index (χ1) is 10.7. The van der Waals surface area contributed by atoms with Crippen LogP contribution >= 0.6 is 0 Å². The van der Waals surface area contributed by atoms with E-state index in [1.165, 1.54) is 6.42 Å². The summed E-state index contributed by atoms with van der Waals surface area (Å²) in [5.74, 6) is 2.42. The molecule has 1 saturated heterocycles. The van der Waals surface area contributed by atoms with Crippen LogP contribution in [0.15, 0.2) is 42.7 Å². The lowest BCUT2D eigenvalue weighted by molar-refractivity contribution is 0.542. The lowest BCUT2D eigenvalue weighted by Gasteiger charge is -2.26. The predicted molar refractivity (Wildman–Crippen MR) is 86.8 cm³/mol. The molecule has 3 aromatic rings. The van der Waals surface area contributed by atoms with E-state index in [1.807, 2.05) is 22.7 Å². The standard InChI is InChI=1S/C17H19N5/c1-12-8-9-21(13(12)2)16-10-15(14-6-4-3-5-7-14)20-17-18-11-19-22(16)17/h3-7,10-13H,8-9H2,1-2H3. The monoisotopic (exact) mass is 293 g/mol. The highest BCUT2D eigenvalue weighted by molar-refractivity contribution is 5.66. The maximum absolute atomic E-state index is 4.64. The molecule has 5 nitrogen and oxygen atoms in total. The van der Waals surface area contributed by atoms with E-state index in [1.54, 1.807) is 6.33 Å². The van der Waals surface area contributed by atoms with Gasteiger partial charge in [0, 0.05) is 24.2 Å². The Labute approximate surface area is 129 Å². The molecule has 112 valence electrons. The highest BCUT2D eigenvalue weighted by Gasteiger charge is 2.29. The summed E-state index contributed by atoms with van der Waals surface area (Å²) in [5, 5.41) is 4.36. The number of rotatable bonds is 2. The van der Waals surface area contributed by atoms with Crippen molar-refractivity contribution >= 4 is 11.6 Å². The van der Waals surface area contributed by atoms with Gasteiger partial charge in [-0.15, -0.1) is 0 Å². The first-order valence-corrected chi connectivity index (χ1v) is 7.77. The molecule has 1 aliphatic rings. The third-order valence-electron chi connectivity index (χ3n) is 4.74. The second kappa shape index (κ2) is 5.09. The Morgan fingerprint density at radius 1 is 1.14 bits per heavy atom. The van der Waals surface area contributed by atoms with E-state index in [-0.39, 0.29) is 0 Å². The minimum atomic E-state index is 0.499. The van der Waals surface area contributed by atoms with Crippen LogP contribution < -0.4 is 4.90 Å². The summed E-state index contributed by atoms with van der Waals surface area (Å²) in [7, 11) is 0. The molecule has 0 radical (unpaired) electrons. The summed E-state index contributed by atoms with van der Waals surface area (Å²) < 4.78 is 1.85. The fourth-order valence-corrected chi connectivity index (χ4v) is 3.18. The molecule has 1 aromatic carbocycles. The van der Waals surface area contributed by atoms with Gasteiger partial charge in [-0.25, -0.2) is 4.98 Å². The summed E-state index contributed by atoms with van der Waals surface area (Å²) in [5.41, 5.74) is 2.05. The van der Waals surface area contributed by atoms with Gasteiger partial charge >= 0.3 is 0 Å². The average Bonchev–Trinajstić information content (AvgIpc) is 3.15. The minimum Gasteiger partial charge on any atom is -0.353 e.